The van der Waals surface area contributed by atoms with Gasteiger partial charge >= 0.3 is 6.09 Å². The molecule has 2 heterocycles. The van der Waals surface area contributed by atoms with Gasteiger partial charge in [-0.05, 0) is 17.7 Å². The molecule has 27 heavy (non-hydrogen) atoms. The van der Waals surface area contributed by atoms with Crippen molar-refractivity contribution in [3.8, 4) is 11.1 Å². The van der Waals surface area contributed by atoms with Crippen LogP contribution in [0.2, 0.25) is 0 Å². The summed E-state index contributed by atoms with van der Waals surface area (Å²) in [5.41, 5.74) is 1.71. The summed E-state index contributed by atoms with van der Waals surface area (Å²) in [6.45, 7) is 0.870. The van der Waals surface area contributed by atoms with Crippen LogP contribution < -0.4 is 5.01 Å². The molecule has 4 rings (SSSR count). The average molecular weight is 368 g/mol. The predicted octanol–water partition coefficient (Wildman–Crippen LogP) is 3.32. The smallest absolute Gasteiger partial charge is 0.411 e. The minimum absolute atomic E-state index is 0.0807. The van der Waals surface area contributed by atoms with Crippen molar-refractivity contribution in [2.24, 2.45) is 5.10 Å². The molecule has 1 fully saturated rings. The summed E-state index contributed by atoms with van der Waals surface area (Å²) in [5, 5.41) is 16.9. The van der Waals surface area contributed by atoms with E-state index in [4.69, 9.17) is 4.74 Å². The second kappa shape index (κ2) is 6.99. The number of hydrogen-bond acceptors (Lipinski definition) is 6. The molecule has 8 heteroatoms. The number of hydrazone groups is 1. The van der Waals surface area contributed by atoms with Gasteiger partial charge in [0, 0.05) is 11.6 Å². The van der Waals surface area contributed by atoms with Crippen LogP contribution in [0, 0.1) is 5.82 Å². The molecule has 2 aliphatic heterocycles. The van der Waals surface area contributed by atoms with Crippen LogP contribution in [-0.2, 0) is 4.74 Å². The number of benzene rings is 2. The van der Waals surface area contributed by atoms with Crippen molar-refractivity contribution < 1.29 is 19.0 Å². The van der Waals surface area contributed by atoms with Gasteiger partial charge in [-0.15, -0.1) is 0 Å². The highest BCUT2D eigenvalue weighted by Crippen LogP contribution is 2.29. The van der Waals surface area contributed by atoms with Gasteiger partial charge < -0.3 is 9.84 Å². The first-order valence-corrected chi connectivity index (χ1v) is 8.40. The van der Waals surface area contributed by atoms with Crippen molar-refractivity contribution in [3.05, 3.63) is 66.3 Å². The van der Waals surface area contributed by atoms with Crippen LogP contribution >= 0.6 is 0 Å². The van der Waals surface area contributed by atoms with Gasteiger partial charge in [0.25, 0.3) is 0 Å². The molecule has 2 aromatic rings. The molecule has 0 aromatic heterocycles. The van der Waals surface area contributed by atoms with E-state index < -0.39 is 11.9 Å². The normalized spacial score (nSPS) is 16.6. The Morgan fingerprint density at radius 1 is 1.19 bits per heavy atom. The molecule has 0 spiro atoms. The molecule has 0 bridgehead atoms. The Morgan fingerprint density at radius 2 is 2.00 bits per heavy atom. The Hall–Kier alpha value is -3.55. The number of aliphatic hydroxyl groups is 1. The van der Waals surface area contributed by atoms with Gasteiger partial charge in [-0.2, -0.15) is 10.2 Å². The number of hydrogen-bond donors (Lipinski definition) is 1. The first-order chi connectivity index (χ1) is 13.1. The molecule has 1 saturated heterocycles. The zero-order valence-corrected chi connectivity index (χ0v) is 14.3. The number of aliphatic hydroxyl groups excluding tert-OH is 1. The van der Waals surface area contributed by atoms with Crippen molar-refractivity contribution in [3.63, 3.8) is 0 Å². The zero-order chi connectivity index (χ0) is 18.8. The minimum atomic E-state index is -0.436. The minimum Gasteiger partial charge on any atom is -0.505 e. The van der Waals surface area contributed by atoms with Crippen molar-refractivity contribution in [1.82, 2.24) is 10.0 Å². The third kappa shape index (κ3) is 3.41. The fourth-order valence-corrected chi connectivity index (χ4v) is 2.92. The fraction of sp³-hybridized carbons (Fsp3) is 0.158. The zero-order valence-electron chi connectivity index (χ0n) is 14.3. The standard InChI is InChI=1S/C19H17FN4O3/c20-18-10-15(6-7-17(18)14-4-2-1-3-5-14)23-12-16(25)11-21-24(23)13-22-8-9-27-19(22)26/h1-7,10-12,25H,8-9,13H2. The second-order valence-electron chi connectivity index (χ2n) is 6.06. The van der Waals surface area contributed by atoms with Crippen molar-refractivity contribution >= 4 is 18.0 Å². The van der Waals surface area contributed by atoms with Crippen LogP contribution in [0.4, 0.5) is 14.9 Å². The number of halogens is 1. The fourth-order valence-electron chi connectivity index (χ4n) is 2.92. The largest absolute Gasteiger partial charge is 0.505 e. The number of carbonyl (C=O) groups is 1. The van der Waals surface area contributed by atoms with E-state index in [1.807, 2.05) is 30.3 Å². The molecular formula is C19H17FN4O3. The van der Waals surface area contributed by atoms with Crippen LogP contribution in [0.5, 0.6) is 0 Å². The monoisotopic (exact) mass is 368 g/mol. The quantitative estimate of drug-likeness (QED) is 0.897. The maximum atomic E-state index is 14.7. The molecule has 0 saturated carbocycles. The van der Waals surface area contributed by atoms with E-state index in [2.05, 4.69) is 5.10 Å². The van der Waals surface area contributed by atoms with Crippen LogP contribution in [0.25, 0.3) is 11.1 Å². The van der Waals surface area contributed by atoms with E-state index in [-0.39, 0.29) is 12.4 Å². The number of anilines is 1. The van der Waals surface area contributed by atoms with Gasteiger partial charge in [0.1, 0.15) is 19.1 Å². The average Bonchev–Trinajstić information content (AvgIpc) is 3.08. The lowest BCUT2D eigenvalue weighted by Crippen LogP contribution is -2.45. The molecular weight excluding hydrogens is 351 g/mol. The number of rotatable bonds is 4. The molecule has 2 aliphatic rings. The number of hydrazine groups is 1. The maximum absolute atomic E-state index is 14.7. The van der Waals surface area contributed by atoms with E-state index in [9.17, 15) is 14.3 Å². The number of allylic oxidation sites excluding steroid dienone is 1. The van der Waals surface area contributed by atoms with E-state index in [0.717, 1.165) is 5.56 Å². The summed E-state index contributed by atoms with van der Waals surface area (Å²) in [4.78, 5) is 13.2. The summed E-state index contributed by atoms with van der Waals surface area (Å²) in [6, 6.07) is 14.0. The Balaban J connectivity index is 1.62. The lowest BCUT2D eigenvalue weighted by Gasteiger charge is -2.35. The molecule has 0 radical (unpaired) electrons. The molecule has 1 amide bonds. The molecule has 138 valence electrons. The van der Waals surface area contributed by atoms with E-state index >= 15 is 0 Å². The third-order valence-corrected chi connectivity index (χ3v) is 4.27. The van der Waals surface area contributed by atoms with Crippen LogP contribution in [0.1, 0.15) is 0 Å². The molecule has 0 atom stereocenters. The van der Waals surface area contributed by atoms with Gasteiger partial charge in [0.2, 0.25) is 0 Å². The highest BCUT2D eigenvalue weighted by molar-refractivity contribution is 5.78. The Morgan fingerprint density at radius 3 is 2.70 bits per heavy atom. The lowest BCUT2D eigenvalue weighted by molar-refractivity contribution is 0.130. The van der Waals surface area contributed by atoms with Crippen molar-refractivity contribution in [2.45, 2.75) is 0 Å². The first kappa shape index (κ1) is 16.9. The van der Waals surface area contributed by atoms with Crippen molar-refractivity contribution in [1.29, 1.82) is 0 Å². The number of nitrogens with zero attached hydrogens (tertiary/aromatic N) is 4. The van der Waals surface area contributed by atoms with Gasteiger partial charge in [0.05, 0.1) is 24.6 Å². The summed E-state index contributed by atoms with van der Waals surface area (Å²) < 4.78 is 19.6. The molecule has 0 aliphatic carbocycles. The van der Waals surface area contributed by atoms with E-state index in [1.54, 1.807) is 12.1 Å². The van der Waals surface area contributed by atoms with E-state index in [0.29, 0.717) is 24.4 Å². The molecule has 7 nitrogen and oxygen atoms in total. The van der Waals surface area contributed by atoms with Gasteiger partial charge in [-0.1, -0.05) is 30.3 Å². The summed E-state index contributed by atoms with van der Waals surface area (Å²) in [7, 11) is 0. The summed E-state index contributed by atoms with van der Waals surface area (Å²) >= 11 is 0. The first-order valence-electron chi connectivity index (χ1n) is 8.40. The summed E-state index contributed by atoms with van der Waals surface area (Å²) in [6.07, 6.45) is 2.23. The maximum Gasteiger partial charge on any atom is 0.411 e. The number of amides is 1. The molecule has 2 aromatic carbocycles. The Labute approximate surface area is 155 Å². The van der Waals surface area contributed by atoms with Gasteiger partial charge in [-0.25, -0.2) is 14.2 Å². The highest BCUT2D eigenvalue weighted by atomic mass is 19.1. The Kier molecular flexibility index (Phi) is 4.37. The molecule has 0 unspecified atom stereocenters. The van der Waals surface area contributed by atoms with Crippen molar-refractivity contribution in [2.75, 3.05) is 24.8 Å². The number of carbonyl (C=O) groups excluding carboxylic acids is 1. The molecule has 1 N–H and O–H groups in total. The van der Waals surface area contributed by atoms with Gasteiger partial charge in [0.15, 0.2) is 5.76 Å². The third-order valence-electron chi connectivity index (χ3n) is 4.27. The van der Waals surface area contributed by atoms with Gasteiger partial charge in [-0.3, -0.25) is 4.90 Å². The lowest BCUT2D eigenvalue weighted by atomic mass is 10.0. The SMILES string of the molecule is O=C1OCCN1CN1N=CC(O)=CN1c1ccc(-c2ccccc2)c(F)c1. The topological polar surface area (TPSA) is 68.6 Å². The number of ether oxygens (including phenoxy) is 1. The summed E-state index contributed by atoms with van der Waals surface area (Å²) in [5.74, 6) is -0.482. The predicted molar refractivity (Wildman–Crippen MR) is 98.3 cm³/mol. The van der Waals surface area contributed by atoms with Crippen LogP contribution in [0.3, 0.4) is 0 Å². The van der Waals surface area contributed by atoms with E-state index in [1.165, 1.54) is 33.5 Å². The Bertz CT molecular complexity index is 916. The van der Waals surface area contributed by atoms with Crippen LogP contribution in [0.15, 0.2) is 65.6 Å². The second-order valence-corrected chi connectivity index (χ2v) is 6.06. The highest BCUT2D eigenvalue weighted by Gasteiger charge is 2.27. The van der Waals surface area contributed by atoms with Crippen LogP contribution in [-0.4, -0.2) is 47.3 Å². The number of cyclic esters (lactones) is 1.